The van der Waals surface area contributed by atoms with Crippen molar-refractivity contribution in [2.45, 2.75) is 38.3 Å². The van der Waals surface area contributed by atoms with Gasteiger partial charge in [-0.15, -0.1) is 0 Å². The van der Waals surface area contributed by atoms with Crippen molar-refractivity contribution < 1.29 is 9.47 Å². The monoisotopic (exact) mass is 279 g/mol. The molecule has 0 radical (unpaired) electrons. The summed E-state index contributed by atoms with van der Waals surface area (Å²) in [5, 5.41) is 0. The van der Waals surface area contributed by atoms with Crippen LogP contribution in [0.2, 0.25) is 0 Å². The fourth-order valence-electron chi connectivity index (χ4n) is 2.54. The molecule has 0 aromatic heterocycles. The molecule has 2 atom stereocenters. The average molecular weight is 279 g/mol. The Morgan fingerprint density at radius 1 is 1.35 bits per heavy atom. The topological polar surface area (TPSA) is 84.8 Å². The average Bonchev–Trinajstić information content (AvgIpc) is 2.82. The molecular weight excluding hydrogens is 258 g/mol. The second-order valence-electron chi connectivity index (χ2n) is 5.86. The maximum absolute atomic E-state index is 5.83. The van der Waals surface area contributed by atoms with Gasteiger partial charge in [-0.3, -0.25) is 4.99 Å². The molecule has 110 valence electrons. The molecule has 3 heterocycles. The van der Waals surface area contributed by atoms with Crippen LogP contribution in [0.15, 0.2) is 15.0 Å². The summed E-state index contributed by atoms with van der Waals surface area (Å²) in [4.78, 5) is 14.8. The number of hydrogen-bond donors (Lipinski definition) is 1. The smallest absolute Gasteiger partial charge is 0.162 e. The Bertz CT molecular complexity index is 450. The third-order valence-electron chi connectivity index (χ3n) is 3.86. The molecule has 1 saturated heterocycles. The Hall–Kier alpha value is -1.47. The maximum atomic E-state index is 5.83. The van der Waals surface area contributed by atoms with Crippen LogP contribution in [0.5, 0.6) is 0 Å². The van der Waals surface area contributed by atoms with Gasteiger partial charge in [0.1, 0.15) is 18.2 Å². The van der Waals surface area contributed by atoms with Crippen molar-refractivity contribution in [2.75, 3.05) is 19.8 Å². The number of ether oxygens (including phenoxy) is 2. The van der Waals surface area contributed by atoms with E-state index in [1.807, 2.05) is 20.2 Å². The summed E-state index contributed by atoms with van der Waals surface area (Å²) in [7, 11) is 0. The van der Waals surface area contributed by atoms with Crippen molar-refractivity contribution in [1.29, 1.82) is 0 Å². The van der Waals surface area contributed by atoms with Gasteiger partial charge < -0.3 is 20.1 Å². The Labute approximate surface area is 118 Å². The van der Waals surface area contributed by atoms with Crippen molar-refractivity contribution in [3.8, 4) is 0 Å². The van der Waals surface area contributed by atoms with E-state index < -0.39 is 5.79 Å². The van der Waals surface area contributed by atoms with Crippen LogP contribution < -0.4 is 5.73 Å². The van der Waals surface area contributed by atoms with Gasteiger partial charge in [-0.05, 0) is 20.3 Å². The fraction of sp³-hybridized carbons (Fsp3) is 0.769. The van der Waals surface area contributed by atoms with E-state index in [2.05, 4.69) is 19.9 Å². The molecule has 2 N–H and O–H groups in total. The Morgan fingerprint density at radius 2 is 2.10 bits per heavy atom. The number of rotatable bonds is 3. The van der Waals surface area contributed by atoms with Crippen LogP contribution >= 0.6 is 0 Å². The summed E-state index contributed by atoms with van der Waals surface area (Å²) < 4.78 is 11.3. The standard InChI is InChI=1S/C13H21N5O2/c1-13(2)19-5-9(6-20-13)3-4-18-8-17-10-11(14)15-7-16-12(10)18/h7-10,12H,3-6H2,1-2H3,(H2,14,15,16). The second kappa shape index (κ2) is 5.14. The van der Waals surface area contributed by atoms with Gasteiger partial charge >= 0.3 is 0 Å². The van der Waals surface area contributed by atoms with E-state index in [1.54, 1.807) is 0 Å². The molecule has 3 aliphatic rings. The first-order valence-electron chi connectivity index (χ1n) is 6.97. The van der Waals surface area contributed by atoms with Crippen molar-refractivity contribution in [2.24, 2.45) is 26.6 Å². The number of nitrogens with two attached hydrogens (primary N) is 1. The molecule has 0 bridgehead atoms. The summed E-state index contributed by atoms with van der Waals surface area (Å²) in [5.74, 6) is 0.499. The quantitative estimate of drug-likeness (QED) is 0.800. The van der Waals surface area contributed by atoms with Crippen molar-refractivity contribution >= 4 is 18.5 Å². The first kappa shape index (κ1) is 13.5. The minimum absolute atomic E-state index is 0.0330. The Balaban J connectivity index is 1.50. The van der Waals surface area contributed by atoms with Gasteiger partial charge in [0.05, 0.1) is 19.6 Å². The molecule has 7 heteroatoms. The Morgan fingerprint density at radius 3 is 2.85 bits per heavy atom. The predicted octanol–water partition coefficient (Wildman–Crippen LogP) is 0.213. The van der Waals surface area contributed by atoms with Crippen molar-refractivity contribution in [3.05, 3.63) is 0 Å². The largest absolute Gasteiger partial charge is 0.385 e. The number of aliphatic imine (C=N–C) groups is 3. The molecule has 3 rings (SSSR count). The van der Waals surface area contributed by atoms with Crippen LogP contribution in [-0.4, -0.2) is 61.2 Å². The molecule has 3 aliphatic heterocycles. The highest BCUT2D eigenvalue weighted by Crippen LogP contribution is 2.24. The minimum Gasteiger partial charge on any atom is -0.385 e. The molecular formula is C13H21N5O2. The summed E-state index contributed by atoms with van der Waals surface area (Å²) >= 11 is 0. The van der Waals surface area contributed by atoms with Crippen LogP contribution in [0.1, 0.15) is 20.3 Å². The zero-order chi connectivity index (χ0) is 14.2. The van der Waals surface area contributed by atoms with Gasteiger partial charge in [-0.25, -0.2) is 9.98 Å². The summed E-state index contributed by atoms with van der Waals surface area (Å²) in [5.41, 5.74) is 5.83. The Kier molecular flexibility index (Phi) is 3.47. The van der Waals surface area contributed by atoms with E-state index in [4.69, 9.17) is 15.2 Å². The van der Waals surface area contributed by atoms with Gasteiger partial charge in [0.2, 0.25) is 0 Å². The van der Waals surface area contributed by atoms with Crippen LogP contribution in [0, 0.1) is 5.92 Å². The van der Waals surface area contributed by atoms with E-state index in [0.717, 1.165) is 26.2 Å². The van der Waals surface area contributed by atoms with E-state index >= 15 is 0 Å². The maximum Gasteiger partial charge on any atom is 0.162 e. The highest BCUT2D eigenvalue weighted by Gasteiger charge is 2.35. The number of fused-ring (bicyclic) bond motifs is 1. The molecule has 0 saturated carbocycles. The highest BCUT2D eigenvalue weighted by atomic mass is 16.7. The zero-order valence-electron chi connectivity index (χ0n) is 11.9. The lowest BCUT2D eigenvalue weighted by atomic mass is 10.1. The van der Waals surface area contributed by atoms with Crippen LogP contribution in [0.3, 0.4) is 0 Å². The second-order valence-corrected chi connectivity index (χ2v) is 5.86. The number of amidine groups is 1. The van der Waals surface area contributed by atoms with E-state index in [0.29, 0.717) is 11.8 Å². The minimum atomic E-state index is -0.449. The molecule has 1 fully saturated rings. The molecule has 7 nitrogen and oxygen atoms in total. The molecule has 20 heavy (non-hydrogen) atoms. The van der Waals surface area contributed by atoms with E-state index in [9.17, 15) is 0 Å². The SMILES string of the molecule is CC1(C)OCC(CCN2C=NC3C(N)=NC=NC32)CO1. The van der Waals surface area contributed by atoms with Gasteiger partial charge in [0.15, 0.2) is 12.0 Å². The van der Waals surface area contributed by atoms with Crippen molar-refractivity contribution in [1.82, 2.24) is 4.90 Å². The first-order valence-corrected chi connectivity index (χ1v) is 6.97. The molecule has 0 aromatic carbocycles. The lowest BCUT2D eigenvalue weighted by molar-refractivity contribution is -0.262. The third kappa shape index (κ3) is 2.69. The first-order chi connectivity index (χ1) is 9.55. The molecule has 0 aliphatic carbocycles. The van der Waals surface area contributed by atoms with Crippen LogP contribution in [0.25, 0.3) is 0 Å². The molecule has 0 spiro atoms. The van der Waals surface area contributed by atoms with Gasteiger partial charge in [0, 0.05) is 12.5 Å². The molecule has 0 aromatic rings. The van der Waals surface area contributed by atoms with Crippen LogP contribution in [-0.2, 0) is 9.47 Å². The van der Waals surface area contributed by atoms with Gasteiger partial charge in [0.25, 0.3) is 0 Å². The summed E-state index contributed by atoms with van der Waals surface area (Å²) in [6, 6.07) is -0.127. The van der Waals surface area contributed by atoms with Gasteiger partial charge in [-0.2, -0.15) is 0 Å². The predicted molar refractivity (Wildman–Crippen MR) is 77.0 cm³/mol. The fourth-order valence-corrected chi connectivity index (χ4v) is 2.54. The van der Waals surface area contributed by atoms with Gasteiger partial charge in [-0.1, -0.05) is 0 Å². The third-order valence-corrected chi connectivity index (χ3v) is 3.86. The molecule has 0 amide bonds. The van der Waals surface area contributed by atoms with Crippen molar-refractivity contribution in [3.63, 3.8) is 0 Å². The number of hydrogen-bond acceptors (Lipinski definition) is 7. The van der Waals surface area contributed by atoms with Crippen LogP contribution in [0.4, 0.5) is 0 Å². The summed E-state index contributed by atoms with van der Waals surface area (Å²) in [6.45, 7) is 6.23. The lowest BCUT2D eigenvalue weighted by Gasteiger charge is -2.35. The lowest BCUT2D eigenvalue weighted by Crippen LogP contribution is -2.45. The van der Waals surface area contributed by atoms with E-state index in [1.165, 1.54) is 6.34 Å². The zero-order valence-corrected chi connectivity index (χ0v) is 11.9. The highest BCUT2D eigenvalue weighted by molar-refractivity contribution is 5.96. The van der Waals surface area contributed by atoms with E-state index in [-0.39, 0.29) is 12.2 Å². The normalized spacial score (nSPS) is 32.3. The molecule has 2 unspecified atom stereocenters. The summed E-state index contributed by atoms with van der Waals surface area (Å²) in [6.07, 6.45) is 4.30. The number of nitrogens with zero attached hydrogens (tertiary/aromatic N) is 4.